The molecule has 2 atom stereocenters. The first kappa shape index (κ1) is 12.4. The number of aliphatic hydroxyl groups excluding tert-OH is 1. The van der Waals surface area contributed by atoms with E-state index in [1.54, 1.807) is 6.07 Å². The molecule has 0 bridgehead atoms. The first-order valence-corrected chi connectivity index (χ1v) is 5.57. The molecule has 0 spiro atoms. The molecule has 1 saturated carbocycles. The summed E-state index contributed by atoms with van der Waals surface area (Å²) >= 11 is 0. The fraction of sp³-hybridized carbons (Fsp3) is 0.538. The summed E-state index contributed by atoms with van der Waals surface area (Å²) in [6.45, 7) is 3.72. The van der Waals surface area contributed by atoms with Gasteiger partial charge in [0, 0.05) is 6.61 Å². The number of rotatable bonds is 2. The lowest BCUT2D eigenvalue weighted by atomic mass is 9.98. The zero-order chi connectivity index (χ0) is 12.8. The van der Waals surface area contributed by atoms with Crippen molar-refractivity contribution in [3.8, 4) is 0 Å². The lowest BCUT2D eigenvalue weighted by Crippen LogP contribution is -2.09. The van der Waals surface area contributed by atoms with Crippen molar-refractivity contribution in [1.29, 1.82) is 0 Å². The maximum absolute atomic E-state index is 12.9. The van der Waals surface area contributed by atoms with E-state index < -0.39 is 11.7 Å². The van der Waals surface area contributed by atoms with Crippen molar-refractivity contribution >= 4 is 0 Å². The minimum atomic E-state index is -4.32. The highest BCUT2D eigenvalue weighted by atomic mass is 19.4. The lowest BCUT2D eigenvalue weighted by Gasteiger charge is -2.13. The van der Waals surface area contributed by atoms with Crippen LogP contribution in [0.15, 0.2) is 24.3 Å². The average molecular weight is 244 g/mol. The second-order valence-electron chi connectivity index (χ2n) is 5.17. The van der Waals surface area contributed by atoms with Gasteiger partial charge in [-0.05, 0) is 28.9 Å². The normalized spacial score (nSPS) is 26.9. The molecule has 4 heteroatoms. The molecule has 0 heterocycles. The maximum atomic E-state index is 12.9. The van der Waals surface area contributed by atoms with E-state index in [0.717, 1.165) is 6.07 Å². The molecule has 1 aromatic rings. The fourth-order valence-electron chi connectivity index (χ4n) is 2.73. The number of benzene rings is 1. The van der Waals surface area contributed by atoms with E-state index >= 15 is 0 Å². The van der Waals surface area contributed by atoms with Gasteiger partial charge in [-0.25, -0.2) is 0 Å². The summed E-state index contributed by atoms with van der Waals surface area (Å²) in [7, 11) is 0. The molecule has 1 fully saturated rings. The van der Waals surface area contributed by atoms with Crippen molar-refractivity contribution in [1.82, 2.24) is 0 Å². The topological polar surface area (TPSA) is 20.2 Å². The maximum Gasteiger partial charge on any atom is 0.416 e. The molecule has 1 aliphatic carbocycles. The van der Waals surface area contributed by atoms with Crippen LogP contribution in [-0.4, -0.2) is 11.7 Å². The Morgan fingerprint density at radius 2 is 1.82 bits per heavy atom. The van der Waals surface area contributed by atoms with Gasteiger partial charge in [0.25, 0.3) is 0 Å². The Labute approximate surface area is 98.3 Å². The molecule has 1 aromatic carbocycles. The summed E-state index contributed by atoms with van der Waals surface area (Å²) in [5.41, 5.74) is -0.520. The highest BCUT2D eigenvalue weighted by Gasteiger charge is 2.59. The smallest absolute Gasteiger partial charge is 0.396 e. The third-order valence-corrected chi connectivity index (χ3v) is 3.85. The molecule has 1 aliphatic rings. The molecule has 1 nitrogen and oxygen atoms in total. The van der Waals surface area contributed by atoms with Gasteiger partial charge >= 0.3 is 6.18 Å². The van der Waals surface area contributed by atoms with Crippen molar-refractivity contribution in [3.63, 3.8) is 0 Å². The Hall–Kier alpha value is -1.03. The van der Waals surface area contributed by atoms with Crippen LogP contribution >= 0.6 is 0 Å². The zero-order valence-electron chi connectivity index (χ0n) is 9.75. The van der Waals surface area contributed by atoms with Crippen LogP contribution in [0.25, 0.3) is 0 Å². The molecule has 94 valence electrons. The van der Waals surface area contributed by atoms with Gasteiger partial charge in [-0.2, -0.15) is 13.2 Å². The van der Waals surface area contributed by atoms with E-state index in [-0.39, 0.29) is 23.9 Å². The Kier molecular flexibility index (Phi) is 2.73. The van der Waals surface area contributed by atoms with E-state index in [1.807, 2.05) is 13.8 Å². The number of alkyl halides is 3. The molecule has 0 saturated heterocycles. The Bertz CT molecular complexity index is 423. The van der Waals surface area contributed by atoms with Crippen LogP contribution in [0.4, 0.5) is 13.2 Å². The Morgan fingerprint density at radius 1 is 1.24 bits per heavy atom. The zero-order valence-corrected chi connectivity index (χ0v) is 9.75. The van der Waals surface area contributed by atoms with Crippen LogP contribution in [0, 0.1) is 11.3 Å². The highest BCUT2D eigenvalue weighted by Crippen LogP contribution is 2.65. The minimum Gasteiger partial charge on any atom is -0.396 e. The number of aliphatic hydroxyl groups is 1. The monoisotopic (exact) mass is 244 g/mol. The average Bonchev–Trinajstić information content (AvgIpc) is 2.79. The molecule has 0 amide bonds. The van der Waals surface area contributed by atoms with E-state index in [0.29, 0.717) is 5.56 Å². The predicted molar refractivity (Wildman–Crippen MR) is 58.5 cm³/mol. The van der Waals surface area contributed by atoms with Crippen molar-refractivity contribution in [3.05, 3.63) is 35.4 Å². The Balaban J connectivity index is 2.42. The largest absolute Gasteiger partial charge is 0.416 e. The van der Waals surface area contributed by atoms with Gasteiger partial charge in [0.2, 0.25) is 0 Å². The minimum absolute atomic E-state index is 0.0656. The fourth-order valence-corrected chi connectivity index (χ4v) is 2.73. The molecule has 17 heavy (non-hydrogen) atoms. The standard InChI is InChI=1S/C13H15F3O/c1-12(2)10(7-17)11(12)8-5-3-4-6-9(8)13(14,15)16/h3-6,10-11,17H,7H2,1-2H3/t10-,11-/m0/s1. The van der Waals surface area contributed by atoms with Gasteiger partial charge in [-0.15, -0.1) is 0 Å². The quantitative estimate of drug-likeness (QED) is 0.845. The second-order valence-corrected chi connectivity index (χ2v) is 5.17. The molecule has 2 rings (SSSR count). The van der Waals surface area contributed by atoms with E-state index in [1.165, 1.54) is 12.1 Å². The van der Waals surface area contributed by atoms with E-state index in [4.69, 9.17) is 0 Å². The van der Waals surface area contributed by atoms with Crippen LogP contribution in [0.5, 0.6) is 0 Å². The number of halogens is 3. The van der Waals surface area contributed by atoms with Crippen LogP contribution in [-0.2, 0) is 6.18 Å². The molecule has 0 aliphatic heterocycles. The molecule has 0 aromatic heterocycles. The van der Waals surface area contributed by atoms with Crippen molar-refractivity contribution in [2.45, 2.75) is 25.9 Å². The van der Waals surface area contributed by atoms with Crippen LogP contribution in [0.3, 0.4) is 0 Å². The molecular weight excluding hydrogens is 229 g/mol. The van der Waals surface area contributed by atoms with E-state index in [9.17, 15) is 18.3 Å². The molecule has 0 unspecified atom stereocenters. The Morgan fingerprint density at radius 3 is 2.29 bits per heavy atom. The molecule has 1 N–H and O–H groups in total. The lowest BCUT2D eigenvalue weighted by molar-refractivity contribution is -0.138. The summed E-state index contributed by atoms with van der Waals surface area (Å²) in [4.78, 5) is 0. The first-order valence-electron chi connectivity index (χ1n) is 5.57. The van der Waals surface area contributed by atoms with Gasteiger partial charge in [0.15, 0.2) is 0 Å². The summed E-state index contributed by atoms with van der Waals surface area (Å²) in [5, 5.41) is 9.19. The van der Waals surface area contributed by atoms with Crippen molar-refractivity contribution < 1.29 is 18.3 Å². The molecule has 0 radical (unpaired) electrons. The van der Waals surface area contributed by atoms with Crippen LogP contribution < -0.4 is 0 Å². The third kappa shape index (κ3) is 1.95. The van der Waals surface area contributed by atoms with Crippen LogP contribution in [0.2, 0.25) is 0 Å². The van der Waals surface area contributed by atoms with Crippen molar-refractivity contribution in [2.75, 3.05) is 6.61 Å². The summed E-state index contributed by atoms with van der Waals surface area (Å²) < 4.78 is 38.6. The number of hydrogen-bond acceptors (Lipinski definition) is 1. The number of hydrogen-bond donors (Lipinski definition) is 1. The summed E-state index contributed by atoms with van der Waals surface area (Å²) in [6, 6.07) is 5.64. The SMILES string of the molecule is CC1(C)[C@@H](CO)[C@@H]1c1ccccc1C(F)(F)F. The van der Waals surface area contributed by atoms with Gasteiger partial charge in [0.05, 0.1) is 5.56 Å². The van der Waals surface area contributed by atoms with Gasteiger partial charge < -0.3 is 5.11 Å². The van der Waals surface area contributed by atoms with Gasteiger partial charge in [-0.1, -0.05) is 32.0 Å². The summed E-state index contributed by atoms with van der Waals surface area (Å²) in [5.74, 6) is -0.281. The third-order valence-electron chi connectivity index (χ3n) is 3.85. The second kappa shape index (κ2) is 3.73. The summed E-state index contributed by atoms with van der Waals surface area (Å²) in [6.07, 6.45) is -4.32. The highest BCUT2D eigenvalue weighted by molar-refractivity contribution is 5.39. The first-order chi connectivity index (χ1) is 7.80. The van der Waals surface area contributed by atoms with E-state index in [2.05, 4.69) is 0 Å². The van der Waals surface area contributed by atoms with Gasteiger partial charge in [-0.3, -0.25) is 0 Å². The molecular formula is C13H15F3O. The van der Waals surface area contributed by atoms with Crippen molar-refractivity contribution in [2.24, 2.45) is 11.3 Å². The van der Waals surface area contributed by atoms with Gasteiger partial charge in [0.1, 0.15) is 0 Å². The predicted octanol–water partition coefficient (Wildman–Crippen LogP) is 3.44. The van der Waals surface area contributed by atoms with Crippen LogP contribution in [0.1, 0.15) is 30.9 Å².